The van der Waals surface area contributed by atoms with Crippen LogP contribution in [-0.2, 0) is 28.6 Å². The monoisotopic (exact) mass is 979 g/mol. The van der Waals surface area contributed by atoms with Crippen LogP contribution in [0.5, 0.6) is 0 Å². The van der Waals surface area contributed by atoms with Gasteiger partial charge in [0.05, 0.1) is 0 Å². The van der Waals surface area contributed by atoms with Crippen LogP contribution in [0.2, 0.25) is 0 Å². The van der Waals surface area contributed by atoms with Gasteiger partial charge in [-0.25, -0.2) is 0 Å². The molecule has 0 bridgehead atoms. The van der Waals surface area contributed by atoms with Crippen LogP contribution in [0.3, 0.4) is 0 Å². The van der Waals surface area contributed by atoms with Gasteiger partial charge >= 0.3 is 17.9 Å². The van der Waals surface area contributed by atoms with E-state index in [2.05, 4.69) is 154 Å². The molecule has 1 atom stereocenters. The molecule has 0 heterocycles. The first-order valence-corrected chi connectivity index (χ1v) is 28.3. The van der Waals surface area contributed by atoms with Crippen molar-refractivity contribution < 1.29 is 28.6 Å². The van der Waals surface area contributed by atoms with Crippen molar-refractivity contribution in [2.24, 2.45) is 0 Å². The summed E-state index contributed by atoms with van der Waals surface area (Å²) in [7, 11) is 0. The van der Waals surface area contributed by atoms with Crippen LogP contribution in [0.25, 0.3) is 0 Å². The van der Waals surface area contributed by atoms with Crippen LogP contribution in [0.4, 0.5) is 0 Å². The Balaban J connectivity index is 4.59. The lowest BCUT2D eigenvalue weighted by molar-refractivity contribution is -0.166. The number of hydrogen-bond acceptors (Lipinski definition) is 6. The van der Waals surface area contributed by atoms with E-state index in [0.29, 0.717) is 12.8 Å². The molecule has 6 heteroatoms. The summed E-state index contributed by atoms with van der Waals surface area (Å²) in [6.45, 7) is 6.29. The molecule has 0 spiro atoms. The minimum atomic E-state index is -0.834. The van der Waals surface area contributed by atoms with Gasteiger partial charge < -0.3 is 14.2 Å². The molecule has 0 unspecified atom stereocenters. The lowest BCUT2D eigenvalue weighted by Gasteiger charge is -2.18. The summed E-state index contributed by atoms with van der Waals surface area (Å²) in [5.74, 6) is -1.06. The zero-order valence-electron chi connectivity index (χ0n) is 45.4. The summed E-state index contributed by atoms with van der Waals surface area (Å²) in [5.41, 5.74) is 0. The fraction of sp³-hybridized carbons (Fsp3) is 0.585. The first-order valence-electron chi connectivity index (χ1n) is 28.3. The molecular weight excluding hydrogens is 877 g/mol. The number of carbonyl (C=O) groups is 3. The molecule has 0 amide bonds. The van der Waals surface area contributed by atoms with Crippen molar-refractivity contribution in [3.63, 3.8) is 0 Å². The second-order valence-corrected chi connectivity index (χ2v) is 18.1. The van der Waals surface area contributed by atoms with Gasteiger partial charge in [-0.15, -0.1) is 0 Å². The molecule has 0 rings (SSSR count). The minimum absolute atomic E-state index is 0.128. The van der Waals surface area contributed by atoms with E-state index in [1.807, 2.05) is 12.2 Å². The van der Waals surface area contributed by atoms with E-state index in [1.165, 1.54) is 51.4 Å². The fourth-order valence-electron chi connectivity index (χ4n) is 7.13. The SMILES string of the molecule is CCC=CCC=CCC=CCC=CCC=CCC=CCCC(=O)OC[C@@H](COC(=O)CCCCCC=CCC=CCC=CCC=CCC=CCC)OC(=O)CCCCCCCC=CCCCCCCCC. The maximum atomic E-state index is 12.8. The summed E-state index contributed by atoms with van der Waals surface area (Å²) in [5, 5.41) is 0. The Kier molecular flexibility index (Phi) is 54.0. The molecule has 0 saturated carbocycles. The molecule has 0 aliphatic rings. The van der Waals surface area contributed by atoms with E-state index in [1.54, 1.807) is 0 Å². The zero-order valence-corrected chi connectivity index (χ0v) is 45.4. The second kappa shape index (κ2) is 57.9. The van der Waals surface area contributed by atoms with Crippen molar-refractivity contribution in [1.82, 2.24) is 0 Å². The third-order valence-corrected chi connectivity index (χ3v) is 11.3. The van der Waals surface area contributed by atoms with E-state index < -0.39 is 6.10 Å². The van der Waals surface area contributed by atoms with Gasteiger partial charge in [-0.05, 0) is 128 Å². The number of allylic oxidation sites excluding steroid dienone is 24. The summed E-state index contributed by atoms with van der Waals surface area (Å²) in [6, 6.07) is 0. The number of esters is 3. The third-order valence-electron chi connectivity index (χ3n) is 11.3. The Morgan fingerprint density at radius 2 is 0.577 bits per heavy atom. The van der Waals surface area contributed by atoms with Gasteiger partial charge in [-0.1, -0.05) is 224 Å². The Morgan fingerprint density at radius 1 is 0.296 bits per heavy atom. The molecule has 0 N–H and O–H groups in total. The van der Waals surface area contributed by atoms with Crippen molar-refractivity contribution in [3.8, 4) is 0 Å². The molecular formula is C65H102O6. The Morgan fingerprint density at radius 3 is 0.972 bits per heavy atom. The second-order valence-electron chi connectivity index (χ2n) is 18.1. The summed E-state index contributed by atoms with van der Waals surface area (Å²) < 4.78 is 16.8. The van der Waals surface area contributed by atoms with E-state index >= 15 is 0 Å². The number of carbonyl (C=O) groups excluding carboxylic acids is 3. The average Bonchev–Trinajstić information content (AvgIpc) is 3.37. The molecule has 0 aliphatic heterocycles. The number of hydrogen-bond donors (Lipinski definition) is 0. The normalized spacial score (nSPS) is 13.2. The van der Waals surface area contributed by atoms with Crippen LogP contribution < -0.4 is 0 Å². The fourth-order valence-corrected chi connectivity index (χ4v) is 7.13. The molecule has 0 radical (unpaired) electrons. The largest absolute Gasteiger partial charge is 0.462 e. The van der Waals surface area contributed by atoms with Crippen LogP contribution in [0.15, 0.2) is 146 Å². The van der Waals surface area contributed by atoms with Crippen LogP contribution in [0, 0.1) is 0 Å². The Labute approximate surface area is 436 Å². The van der Waals surface area contributed by atoms with Gasteiger partial charge in [-0.2, -0.15) is 0 Å². The van der Waals surface area contributed by atoms with Crippen molar-refractivity contribution in [2.75, 3.05) is 13.2 Å². The van der Waals surface area contributed by atoms with Crippen molar-refractivity contribution in [2.45, 2.75) is 232 Å². The lowest BCUT2D eigenvalue weighted by atomic mass is 10.1. The predicted molar refractivity (Wildman–Crippen MR) is 306 cm³/mol. The van der Waals surface area contributed by atoms with E-state index in [0.717, 1.165) is 128 Å². The van der Waals surface area contributed by atoms with Crippen LogP contribution in [-0.4, -0.2) is 37.2 Å². The van der Waals surface area contributed by atoms with Crippen molar-refractivity contribution in [1.29, 1.82) is 0 Å². The predicted octanol–water partition coefficient (Wildman–Crippen LogP) is 19.2. The molecule has 0 aliphatic carbocycles. The number of unbranched alkanes of at least 4 members (excludes halogenated alkanes) is 14. The molecule has 0 aromatic heterocycles. The number of rotatable bonds is 49. The maximum Gasteiger partial charge on any atom is 0.306 e. The molecule has 0 aromatic rings. The highest BCUT2D eigenvalue weighted by Gasteiger charge is 2.19. The van der Waals surface area contributed by atoms with E-state index in [4.69, 9.17) is 14.2 Å². The van der Waals surface area contributed by atoms with Crippen molar-refractivity contribution >= 4 is 17.9 Å². The molecule has 6 nitrogen and oxygen atoms in total. The lowest BCUT2D eigenvalue weighted by Crippen LogP contribution is -2.30. The highest BCUT2D eigenvalue weighted by Crippen LogP contribution is 2.12. The molecule has 0 saturated heterocycles. The molecule has 398 valence electrons. The highest BCUT2D eigenvalue weighted by molar-refractivity contribution is 5.71. The summed E-state index contributed by atoms with van der Waals surface area (Å²) in [4.78, 5) is 38.1. The first kappa shape index (κ1) is 66.3. The molecule has 0 aromatic carbocycles. The summed E-state index contributed by atoms with van der Waals surface area (Å²) >= 11 is 0. The van der Waals surface area contributed by atoms with E-state index in [-0.39, 0.29) is 44.0 Å². The van der Waals surface area contributed by atoms with E-state index in [9.17, 15) is 14.4 Å². The topological polar surface area (TPSA) is 78.9 Å². The molecule has 0 fully saturated rings. The third kappa shape index (κ3) is 56.1. The minimum Gasteiger partial charge on any atom is -0.462 e. The van der Waals surface area contributed by atoms with Gasteiger partial charge in [0.15, 0.2) is 6.10 Å². The van der Waals surface area contributed by atoms with Crippen LogP contribution in [0.1, 0.15) is 226 Å². The number of ether oxygens (including phenoxy) is 3. The maximum absolute atomic E-state index is 12.8. The van der Waals surface area contributed by atoms with Gasteiger partial charge in [0.2, 0.25) is 0 Å². The quantitative estimate of drug-likeness (QED) is 0.0262. The standard InChI is InChI=1S/C65H102O6/c1-4-7-10-13-16-19-22-25-28-30-32-34-37-39-42-45-48-51-54-57-63(66)69-60-62(71-65(68)59-56-53-50-47-44-41-36-27-24-21-18-15-12-9-6-3)61-70-64(67)58-55-52-49-46-43-40-38-35-33-31-29-26-23-20-17-14-11-8-5-2/h7-8,10-11,16-17,19-20,25-29,32-36,39-40,42-43,48,51,62H,4-6,9,12-15,18,21-24,30-31,37-38,41,44-47,49-50,52-61H2,1-3H3/t62-/m0/s1. The van der Waals surface area contributed by atoms with Crippen LogP contribution >= 0.6 is 0 Å². The Hall–Kier alpha value is -4.71. The Bertz CT molecular complexity index is 1590. The van der Waals surface area contributed by atoms with Gasteiger partial charge in [0.1, 0.15) is 13.2 Å². The van der Waals surface area contributed by atoms with Gasteiger partial charge in [0.25, 0.3) is 0 Å². The average molecular weight is 980 g/mol. The summed E-state index contributed by atoms with van der Waals surface area (Å²) in [6.07, 6.45) is 82.7. The van der Waals surface area contributed by atoms with Gasteiger partial charge in [0, 0.05) is 19.3 Å². The highest BCUT2D eigenvalue weighted by atomic mass is 16.6. The molecule has 71 heavy (non-hydrogen) atoms. The van der Waals surface area contributed by atoms with Crippen molar-refractivity contribution in [3.05, 3.63) is 146 Å². The first-order chi connectivity index (χ1) is 35.0. The smallest absolute Gasteiger partial charge is 0.306 e. The van der Waals surface area contributed by atoms with Gasteiger partial charge in [-0.3, -0.25) is 14.4 Å². The zero-order chi connectivity index (χ0) is 51.4.